The van der Waals surface area contributed by atoms with Gasteiger partial charge in [-0.1, -0.05) is 12.1 Å². The molecule has 13 heteroatoms. The maximum absolute atomic E-state index is 13.4. The third kappa shape index (κ3) is 3.60. The van der Waals surface area contributed by atoms with Gasteiger partial charge in [-0.2, -0.15) is 0 Å². The van der Waals surface area contributed by atoms with Crippen molar-refractivity contribution < 1.29 is 4.92 Å². The quantitative estimate of drug-likeness (QED) is 0.365. The fourth-order valence-electron chi connectivity index (χ4n) is 4.13. The molecule has 0 atom stereocenters. The first kappa shape index (κ1) is 24.2. The Labute approximate surface area is 192 Å². The molecule has 0 spiro atoms. The van der Waals surface area contributed by atoms with Crippen molar-refractivity contribution in [2.75, 3.05) is 24.7 Å². The fourth-order valence-corrected chi connectivity index (χ4v) is 4.13. The van der Waals surface area contributed by atoms with Crippen LogP contribution in [0, 0.1) is 10.1 Å². The normalized spacial score (nSPS) is 11.0. The molecule has 0 saturated heterocycles. The molecule has 0 fully saturated rings. The maximum atomic E-state index is 13.4. The van der Waals surface area contributed by atoms with Gasteiger partial charge in [0.1, 0.15) is 11.6 Å². The first-order valence-electron chi connectivity index (χ1n) is 10.2. The highest BCUT2D eigenvalue weighted by Crippen LogP contribution is 2.35. The lowest BCUT2D eigenvalue weighted by Gasteiger charge is -2.25. The molecule has 3 aromatic rings. The number of rotatable bonds is 6. The van der Waals surface area contributed by atoms with Crippen molar-refractivity contribution in [3.63, 3.8) is 0 Å². The zero-order chi connectivity index (χ0) is 25.5. The lowest BCUT2D eigenvalue weighted by Crippen LogP contribution is -2.44. The van der Waals surface area contributed by atoms with Gasteiger partial charge in [0.05, 0.1) is 22.0 Å². The van der Waals surface area contributed by atoms with E-state index in [1.54, 1.807) is 0 Å². The number of benzene rings is 1. The highest BCUT2D eigenvalue weighted by atomic mass is 16.6. The number of anilines is 2. The highest BCUT2D eigenvalue weighted by Gasteiger charge is 2.32. The molecule has 0 bridgehead atoms. The molecule has 2 aromatic heterocycles. The van der Waals surface area contributed by atoms with Crippen LogP contribution < -0.4 is 33.1 Å². The van der Waals surface area contributed by atoms with Gasteiger partial charge in [0.25, 0.3) is 16.8 Å². The molecule has 3 rings (SSSR count). The van der Waals surface area contributed by atoms with Crippen molar-refractivity contribution >= 4 is 17.3 Å². The van der Waals surface area contributed by atoms with Gasteiger partial charge in [0.15, 0.2) is 0 Å². The molecule has 0 radical (unpaired) electrons. The third-order valence-corrected chi connectivity index (χ3v) is 5.89. The Hall–Kier alpha value is -4.42. The Bertz CT molecular complexity index is 1440. The molecule has 2 heterocycles. The summed E-state index contributed by atoms with van der Waals surface area (Å²) in [5.74, 6) is -0.759. The average molecular weight is 471 g/mol. The van der Waals surface area contributed by atoms with Crippen LogP contribution in [0.1, 0.15) is 22.6 Å². The van der Waals surface area contributed by atoms with E-state index in [1.165, 1.54) is 75.7 Å². The summed E-state index contributed by atoms with van der Waals surface area (Å²) < 4.78 is 4.31. The summed E-state index contributed by atoms with van der Waals surface area (Å²) >= 11 is 0. The van der Waals surface area contributed by atoms with Crippen LogP contribution in [0.4, 0.5) is 17.3 Å². The lowest BCUT2D eigenvalue weighted by molar-refractivity contribution is -0.384. The first-order valence-corrected chi connectivity index (χ1v) is 10.2. The topological polar surface area (TPSA) is 155 Å². The Kier molecular flexibility index (Phi) is 6.30. The van der Waals surface area contributed by atoms with E-state index < -0.39 is 33.3 Å². The zero-order valence-corrected chi connectivity index (χ0v) is 19.6. The minimum absolute atomic E-state index is 0.0632. The van der Waals surface area contributed by atoms with Crippen LogP contribution in [0.15, 0.2) is 43.4 Å². The molecule has 13 nitrogen and oxygen atoms in total. The first-order chi connectivity index (χ1) is 16.0. The molecule has 180 valence electrons. The molecule has 0 amide bonds. The summed E-state index contributed by atoms with van der Waals surface area (Å²) in [6.07, 6.45) is 0. The van der Waals surface area contributed by atoms with Gasteiger partial charge in [0.2, 0.25) is 0 Å². The second-order valence-corrected chi connectivity index (χ2v) is 7.72. The van der Waals surface area contributed by atoms with Gasteiger partial charge in [0, 0.05) is 54.4 Å². The third-order valence-electron chi connectivity index (χ3n) is 5.89. The monoisotopic (exact) mass is 471 g/mol. The van der Waals surface area contributed by atoms with E-state index in [4.69, 9.17) is 0 Å². The Morgan fingerprint density at radius 1 is 0.735 bits per heavy atom. The van der Waals surface area contributed by atoms with Gasteiger partial charge in [-0.15, -0.1) is 0 Å². The number of nitrogens with one attached hydrogen (secondary N) is 2. The standard InChI is InChI=1S/C21H25N7O6/c1-22-16-14(18(29)26(5)20(31)24(16)3)13(11-7-9-12(10-8-11)28(33)34)15-17(23-2)25(4)21(32)27(6)19(15)30/h7-10,13,22-23H,1-6H3. The van der Waals surface area contributed by atoms with E-state index in [1.807, 2.05) is 0 Å². The zero-order valence-electron chi connectivity index (χ0n) is 19.6. The van der Waals surface area contributed by atoms with Gasteiger partial charge < -0.3 is 10.6 Å². The molecule has 0 aliphatic rings. The number of nitrogens with zero attached hydrogens (tertiary/aromatic N) is 5. The van der Waals surface area contributed by atoms with E-state index in [9.17, 15) is 29.3 Å². The van der Waals surface area contributed by atoms with Gasteiger partial charge in [-0.05, 0) is 5.56 Å². The van der Waals surface area contributed by atoms with Crippen LogP contribution in [-0.2, 0) is 28.2 Å². The van der Waals surface area contributed by atoms with E-state index >= 15 is 0 Å². The predicted octanol–water partition coefficient (Wildman–Crippen LogP) is -0.347. The van der Waals surface area contributed by atoms with Crippen molar-refractivity contribution in [2.24, 2.45) is 28.2 Å². The van der Waals surface area contributed by atoms with Crippen molar-refractivity contribution in [2.45, 2.75) is 5.92 Å². The molecule has 1 aromatic carbocycles. The van der Waals surface area contributed by atoms with Crippen LogP contribution in [-0.4, -0.2) is 37.3 Å². The van der Waals surface area contributed by atoms with Crippen molar-refractivity contribution in [3.8, 4) is 0 Å². The Morgan fingerprint density at radius 2 is 1.12 bits per heavy atom. The van der Waals surface area contributed by atoms with Crippen LogP contribution in [0.2, 0.25) is 0 Å². The molecule has 0 unspecified atom stereocenters. The van der Waals surface area contributed by atoms with E-state index in [-0.39, 0.29) is 28.5 Å². The molecule has 0 saturated carbocycles. The summed E-state index contributed by atoms with van der Waals surface area (Å²) in [6, 6.07) is 5.41. The summed E-state index contributed by atoms with van der Waals surface area (Å²) in [4.78, 5) is 62.6. The van der Waals surface area contributed by atoms with Crippen molar-refractivity contribution in [1.82, 2.24) is 18.3 Å². The lowest BCUT2D eigenvalue weighted by atomic mass is 9.85. The van der Waals surface area contributed by atoms with Gasteiger partial charge in [-0.25, -0.2) is 9.59 Å². The number of hydrogen-bond acceptors (Lipinski definition) is 8. The number of aromatic nitrogens is 4. The second kappa shape index (κ2) is 8.84. The molecular weight excluding hydrogens is 446 g/mol. The number of non-ortho nitro benzene ring substituents is 1. The highest BCUT2D eigenvalue weighted by molar-refractivity contribution is 5.60. The van der Waals surface area contributed by atoms with Crippen molar-refractivity contribution in [1.29, 1.82) is 0 Å². The average Bonchev–Trinajstić information content (AvgIpc) is 2.83. The Balaban J connectivity index is 2.60. The molecular formula is C21H25N7O6. The van der Waals surface area contributed by atoms with Crippen molar-refractivity contribution in [3.05, 3.63) is 92.7 Å². The number of nitro groups is 1. The largest absolute Gasteiger partial charge is 0.374 e. The second-order valence-electron chi connectivity index (χ2n) is 7.72. The van der Waals surface area contributed by atoms with Crippen LogP contribution in [0.5, 0.6) is 0 Å². The SMILES string of the molecule is CNc1c(C(c2ccc([N+](=O)[O-])cc2)c2c(NC)n(C)c(=O)n(C)c2=O)c(=O)n(C)c(=O)n1C. The van der Waals surface area contributed by atoms with E-state index in [0.29, 0.717) is 5.56 Å². The Morgan fingerprint density at radius 3 is 1.44 bits per heavy atom. The van der Waals surface area contributed by atoms with Crippen LogP contribution in [0.3, 0.4) is 0 Å². The molecule has 0 aliphatic carbocycles. The van der Waals surface area contributed by atoms with E-state index in [2.05, 4.69) is 10.6 Å². The van der Waals surface area contributed by atoms with Gasteiger partial charge in [-0.3, -0.25) is 38.0 Å². The minimum Gasteiger partial charge on any atom is -0.374 e. The minimum atomic E-state index is -1.08. The predicted molar refractivity (Wildman–Crippen MR) is 127 cm³/mol. The molecule has 2 N–H and O–H groups in total. The molecule has 34 heavy (non-hydrogen) atoms. The smallest absolute Gasteiger partial charge is 0.332 e. The van der Waals surface area contributed by atoms with E-state index in [0.717, 1.165) is 9.13 Å². The summed E-state index contributed by atoms with van der Waals surface area (Å²) in [5.41, 5.74) is -2.15. The summed E-state index contributed by atoms with van der Waals surface area (Å²) in [6.45, 7) is 0. The molecule has 0 aliphatic heterocycles. The number of hydrogen-bond donors (Lipinski definition) is 2. The van der Waals surface area contributed by atoms with Crippen LogP contribution in [0.25, 0.3) is 0 Å². The fraction of sp³-hybridized carbons (Fsp3) is 0.333. The summed E-state index contributed by atoms with van der Waals surface area (Å²) in [5, 5.41) is 16.9. The van der Waals surface area contributed by atoms with Crippen LogP contribution >= 0.6 is 0 Å². The summed E-state index contributed by atoms with van der Waals surface area (Å²) in [7, 11) is 8.64. The van der Waals surface area contributed by atoms with Gasteiger partial charge >= 0.3 is 11.4 Å². The maximum Gasteiger partial charge on any atom is 0.332 e. The number of nitro benzene ring substituents is 1.